The Bertz CT molecular complexity index is 1130. The molecule has 2 atom stereocenters. The van der Waals surface area contributed by atoms with Gasteiger partial charge in [-0.15, -0.1) is 18.2 Å². The Kier molecular flexibility index (Phi) is 6.07. The molecule has 1 aliphatic heterocycles. The Morgan fingerprint density at radius 3 is 2.84 bits per heavy atom. The SMILES string of the molecule is CC1(C)CCC[C@H]2OC(c3[c-]c(Oc4ccc5cccc(O)c5n4)ccc3)=N[C@H]2C1.[Pt]. The molecule has 2 heterocycles. The molecule has 1 aromatic heterocycles. The summed E-state index contributed by atoms with van der Waals surface area (Å²) in [5.41, 5.74) is 1.60. The van der Waals surface area contributed by atoms with E-state index in [0.29, 0.717) is 28.5 Å². The van der Waals surface area contributed by atoms with Gasteiger partial charge in [-0.05, 0) is 43.2 Å². The molecular formula is C25H25N2O3Pt-. The van der Waals surface area contributed by atoms with Crippen molar-refractivity contribution in [1.82, 2.24) is 4.98 Å². The van der Waals surface area contributed by atoms with Crippen LogP contribution in [-0.4, -0.2) is 28.1 Å². The van der Waals surface area contributed by atoms with Gasteiger partial charge in [0.1, 0.15) is 23.3 Å². The Hall–Kier alpha value is -2.39. The summed E-state index contributed by atoms with van der Waals surface area (Å²) in [6.45, 7) is 4.63. The number of pyridine rings is 1. The average Bonchev–Trinajstić information content (AvgIpc) is 3.04. The third-order valence-corrected chi connectivity index (χ3v) is 5.97. The monoisotopic (exact) mass is 596 g/mol. The summed E-state index contributed by atoms with van der Waals surface area (Å²) in [6, 6.07) is 18.1. The summed E-state index contributed by atoms with van der Waals surface area (Å²) >= 11 is 0. The van der Waals surface area contributed by atoms with Gasteiger partial charge in [-0.2, -0.15) is 0 Å². The van der Waals surface area contributed by atoms with E-state index in [4.69, 9.17) is 14.5 Å². The van der Waals surface area contributed by atoms with Gasteiger partial charge in [-0.1, -0.05) is 37.6 Å². The van der Waals surface area contributed by atoms with Gasteiger partial charge in [0.05, 0.1) is 6.04 Å². The van der Waals surface area contributed by atoms with E-state index in [-0.39, 0.29) is 39.0 Å². The number of benzene rings is 2. The molecule has 3 aromatic rings. The first-order valence-electron chi connectivity index (χ1n) is 10.5. The van der Waals surface area contributed by atoms with Crippen molar-refractivity contribution in [3.63, 3.8) is 0 Å². The molecule has 5 rings (SSSR count). The smallest absolute Gasteiger partial charge is 0.217 e. The molecule has 6 heteroatoms. The normalized spacial score (nSPS) is 21.9. The van der Waals surface area contributed by atoms with Gasteiger partial charge in [-0.25, -0.2) is 4.98 Å². The Balaban J connectivity index is 0.00000231. The van der Waals surface area contributed by atoms with E-state index in [2.05, 4.69) is 24.9 Å². The number of rotatable bonds is 3. The molecule has 0 saturated heterocycles. The summed E-state index contributed by atoms with van der Waals surface area (Å²) in [4.78, 5) is 9.32. The number of aromatic nitrogens is 1. The summed E-state index contributed by atoms with van der Waals surface area (Å²) in [6.07, 6.45) is 4.64. The van der Waals surface area contributed by atoms with E-state index < -0.39 is 0 Å². The molecule has 2 aliphatic rings. The Morgan fingerprint density at radius 2 is 1.97 bits per heavy atom. The number of hydrogen-bond acceptors (Lipinski definition) is 5. The molecule has 1 fully saturated rings. The van der Waals surface area contributed by atoms with Crippen molar-refractivity contribution < 1.29 is 35.6 Å². The van der Waals surface area contributed by atoms with Crippen LogP contribution >= 0.6 is 0 Å². The maximum absolute atomic E-state index is 10.0. The predicted molar refractivity (Wildman–Crippen MR) is 116 cm³/mol. The standard InChI is InChI=1S/C25H25N2O3.Pt/c1-25(2)13-5-10-21-19(15-25)26-24(30-21)17-7-3-8-18(14-17)29-22-12-11-16-6-4-9-20(28)23(16)27-22;/h3-4,6-9,11-12,19,21,28H,5,10,13,15H2,1-2H3;/q-1;/t19-,21+;/m0./s1. The van der Waals surface area contributed by atoms with Crippen LogP contribution in [0.1, 0.15) is 45.1 Å². The first kappa shape index (κ1) is 21.8. The zero-order valence-corrected chi connectivity index (χ0v) is 19.8. The molecule has 1 N–H and O–H groups in total. The second-order valence-electron chi connectivity index (χ2n) is 8.95. The Labute approximate surface area is 196 Å². The molecule has 0 amide bonds. The van der Waals surface area contributed by atoms with Crippen LogP contribution in [0.3, 0.4) is 0 Å². The topological polar surface area (TPSA) is 63.9 Å². The van der Waals surface area contributed by atoms with Crippen LogP contribution in [0.5, 0.6) is 17.4 Å². The van der Waals surface area contributed by atoms with Crippen LogP contribution in [0.15, 0.2) is 53.5 Å². The van der Waals surface area contributed by atoms with Gasteiger partial charge in [-0.3, -0.25) is 4.99 Å². The number of aliphatic imine (C=N–C) groups is 1. The van der Waals surface area contributed by atoms with E-state index in [9.17, 15) is 5.11 Å². The summed E-state index contributed by atoms with van der Waals surface area (Å²) in [5.74, 6) is 1.72. The van der Waals surface area contributed by atoms with E-state index in [1.54, 1.807) is 18.2 Å². The summed E-state index contributed by atoms with van der Waals surface area (Å²) in [5, 5.41) is 10.9. The minimum Gasteiger partial charge on any atom is -0.515 e. The first-order valence-corrected chi connectivity index (χ1v) is 10.5. The van der Waals surface area contributed by atoms with Gasteiger partial charge >= 0.3 is 0 Å². The maximum atomic E-state index is 10.0. The zero-order valence-electron chi connectivity index (χ0n) is 17.6. The van der Waals surface area contributed by atoms with Crippen LogP contribution in [0.25, 0.3) is 10.9 Å². The van der Waals surface area contributed by atoms with Crippen LogP contribution in [-0.2, 0) is 25.8 Å². The number of aromatic hydroxyl groups is 1. The second-order valence-corrected chi connectivity index (χ2v) is 8.95. The number of phenolic OH excluding ortho intramolecular Hbond substituents is 1. The molecule has 2 aromatic carbocycles. The van der Waals surface area contributed by atoms with Gasteiger partial charge in [0.15, 0.2) is 0 Å². The number of ether oxygens (including phenoxy) is 2. The predicted octanol–water partition coefficient (Wildman–Crippen LogP) is 5.64. The van der Waals surface area contributed by atoms with Crippen molar-refractivity contribution in [1.29, 1.82) is 0 Å². The van der Waals surface area contributed by atoms with Gasteiger partial charge in [0.2, 0.25) is 5.88 Å². The van der Waals surface area contributed by atoms with Crippen molar-refractivity contribution >= 4 is 16.8 Å². The molecular weight excluding hydrogens is 571 g/mol. The van der Waals surface area contributed by atoms with Crippen LogP contribution in [0, 0.1) is 11.5 Å². The van der Waals surface area contributed by atoms with Crippen molar-refractivity contribution in [2.75, 3.05) is 0 Å². The number of hydrogen-bond donors (Lipinski definition) is 1. The fourth-order valence-electron chi connectivity index (χ4n) is 4.41. The first-order chi connectivity index (χ1) is 14.5. The zero-order chi connectivity index (χ0) is 20.7. The number of nitrogens with zero attached hydrogens (tertiary/aromatic N) is 2. The van der Waals surface area contributed by atoms with Gasteiger partial charge < -0.3 is 14.6 Å². The van der Waals surface area contributed by atoms with Crippen LogP contribution in [0.4, 0.5) is 0 Å². The quantitative estimate of drug-likeness (QED) is 0.398. The van der Waals surface area contributed by atoms with E-state index in [0.717, 1.165) is 23.8 Å². The fraction of sp³-hybridized carbons (Fsp3) is 0.360. The second kappa shape index (κ2) is 8.62. The van der Waals surface area contributed by atoms with Gasteiger partial charge in [0.25, 0.3) is 0 Å². The molecule has 1 aliphatic carbocycles. The molecule has 1 saturated carbocycles. The number of phenols is 1. The third kappa shape index (κ3) is 4.62. The number of para-hydroxylation sites is 1. The van der Waals surface area contributed by atoms with Crippen molar-refractivity contribution in [3.05, 3.63) is 60.2 Å². The van der Waals surface area contributed by atoms with Crippen molar-refractivity contribution in [2.45, 2.75) is 51.7 Å². The van der Waals surface area contributed by atoms with Crippen LogP contribution in [0.2, 0.25) is 0 Å². The summed E-state index contributed by atoms with van der Waals surface area (Å²) < 4.78 is 12.1. The summed E-state index contributed by atoms with van der Waals surface area (Å²) in [7, 11) is 0. The van der Waals surface area contributed by atoms with Crippen molar-refractivity contribution in [2.24, 2.45) is 10.4 Å². The number of fused-ring (bicyclic) bond motifs is 2. The average molecular weight is 597 g/mol. The van der Waals surface area contributed by atoms with E-state index >= 15 is 0 Å². The molecule has 0 spiro atoms. The van der Waals surface area contributed by atoms with Gasteiger partial charge in [0, 0.05) is 38.3 Å². The minimum absolute atomic E-state index is 0. The van der Waals surface area contributed by atoms with E-state index in [1.807, 2.05) is 30.3 Å². The minimum atomic E-state index is 0. The van der Waals surface area contributed by atoms with Crippen molar-refractivity contribution in [3.8, 4) is 17.4 Å². The largest absolute Gasteiger partial charge is 0.515 e. The Morgan fingerprint density at radius 1 is 1.13 bits per heavy atom. The molecule has 0 unspecified atom stereocenters. The molecule has 0 radical (unpaired) electrons. The molecule has 164 valence electrons. The van der Waals surface area contributed by atoms with E-state index in [1.165, 1.54) is 12.8 Å². The molecule has 0 bridgehead atoms. The van der Waals surface area contributed by atoms with Crippen LogP contribution < -0.4 is 4.74 Å². The molecule has 31 heavy (non-hydrogen) atoms. The third-order valence-electron chi connectivity index (χ3n) is 5.97. The molecule has 5 nitrogen and oxygen atoms in total. The fourth-order valence-corrected chi connectivity index (χ4v) is 4.41. The maximum Gasteiger partial charge on any atom is 0.217 e.